The lowest BCUT2D eigenvalue weighted by Crippen LogP contribution is -2.08. The van der Waals surface area contributed by atoms with Crippen LogP contribution in [0.5, 0.6) is 0 Å². The Morgan fingerprint density at radius 1 is 1.06 bits per heavy atom. The third kappa shape index (κ3) is 1.84. The molecule has 0 fully saturated rings. The van der Waals surface area contributed by atoms with Crippen molar-refractivity contribution in [3.63, 3.8) is 0 Å². The second kappa shape index (κ2) is 4.18. The van der Waals surface area contributed by atoms with Gasteiger partial charge in [-0.05, 0) is 29.7 Å². The van der Waals surface area contributed by atoms with Gasteiger partial charge in [0, 0.05) is 7.05 Å². The fourth-order valence-corrected chi connectivity index (χ4v) is 2.11. The minimum atomic E-state index is -0.318. The second-order valence-electron chi connectivity index (χ2n) is 4.39. The first-order chi connectivity index (χ1) is 8.74. The summed E-state index contributed by atoms with van der Waals surface area (Å²) in [5.74, 6) is -0.318. The molecule has 0 spiro atoms. The van der Waals surface area contributed by atoms with Gasteiger partial charge in [0.25, 0.3) is 0 Å². The number of nitrogens with zero attached hydrogens (tertiary/aromatic N) is 1. The Morgan fingerprint density at radius 3 is 2.61 bits per heavy atom. The van der Waals surface area contributed by atoms with Crippen LogP contribution in [0.15, 0.2) is 57.7 Å². The van der Waals surface area contributed by atoms with Gasteiger partial charge in [0.05, 0.1) is 5.52 Å². The van der Waals surface area contributed by atoms with E-state index in [2.05, 4.69) is 12.1 Å². The number of benzene rings is 2. The lowest BCUT2D eigenvalue weighted by molar-refractivity contribution is 0.528. The van der Waals surface area contributed by atoms with Crippen LogP contribution >= 0.6 is 0 Å². The summed E-state index contributed by atoms with van der Waals surface area (Å²) in [6, 6.07) is 16.1. The van der Waals surface area contributed by atoms with Gasteiger partial charge in [-0.3, -0.25) is 4.57 Å². The minimum absolute atomic E-state index is 0.318. The summed E-state index contributed by atoms with van der Waals surface area (Å²) in [4.78, 5) is 11.4. The highest BCUT2D eigenvalue weighted by atomic mass is 16.4. The zero-order chi connectivity index (χ0) is 12.5. The highest BCUT2D eigenvalue weighted by Gasteiger charge is 2.06. The van der Waals surface area contributed by atoms with Crippen molar-refractivity contribution in [1.29, 1.82) is 0 Å². The van der Waals surface area contributed by atoms with Crippen LogP contribution in [0, 0.1) is 0 Å². The first-order valence-corrected chi connectivity index (χ1v) is 5.86. The van der Waals surface area contributed by atoms with E-state index in [0.29, 0.717) is 5.58 Å². The molecule has 3 rings (SSSR count). The number of hydrogen-bond donors (Lipinski definition) is 0. The van der Waals surface area contributed by atoms with Gasteiger partial charge in [0.2, 0.25) is 0 Å². The quantitative estimate of drug-likeness (QED) is 0.689. The Balaban J connectivity index is 2.03. The van der Waals surface area contributed by atoms with Gasteiger partial charge in [-0.25, -0.2) is 4.79 Å². The normalized spacial score (nSPS) is 10.9. The van der Waals surface area contributed by atoms with Gasteiger partial charge >= 0.3 is 5.76 Å². The molecule has 1 heterocycles. The van der Waals surface area contributed by atoms with E-state index >= 15 is 0 Å². The van der Waals surface area contributed by atoms with Gasteiger partial charge in [0.15, 0.2) is 5.58 Å². The Labute approximate surface area is 104 Å². The van der Waals surface area contributed by atoms with E-state index in [1.807, 2.05) is 36.4 Å². The highest BCUT2D eigenvalue weighted by molar-refractivity contribution is 5.73. The van der Waals surface area contributed by atoms with Crippen LogP contribution in [-0.4, -0.2) is 4.57 Å². The largest absolute Gasteiger partial charge is 0.419 e. The number of aryl methyl sites for hydroxylation is 1. The molecule has 0 aliphatic rings. The zero-order valence-corrected chi connectivity index (χ0v) is 10.1. The summed E-state index contributed by atoms with van der Waals surface area (Å²) in [6.45, 7) is 0. The Hall–Kier alpha value is -2.29. The smallest absolute Gasteiger partial charge is 0.408 e. The fraction of sp³-hybridized carbons (Fsp3) is 0.133. The summed E-state index contributed by atoms with van der Waals surface area (Å²) in [7, 11) is 1.72. The van der Waals surface area contributed by atoms with Crippen molar-refractivity contribution in [3.05, 3.63) is 70.2 Å². The fourth-order valence-electron chi connectivity index (χ4n) is 2.11. The van der Waals surface area contributed by atoms with Crippen molar-refractivity contribution in [2.75, 3.05) is 0 Å². The van der Waals surface area contributed by atoms with Crippen LogP contribution < -0.4 is 5.76 Å². The average molecular weight is 239 g/mol. The molecule has 0 aliphatic carbocycles. The van der Waals surface area contributed by atoms with Crippen LogP contribution in [0.1, 0.15) is 11.1 Å². The topological polar surface area (TPSA) is 35.1 Å². The maximum Gasteiger partial charge on any atom is 0.419 e. The highest BCUT2D eigenvalue weighted by Crippen LogP contribution is 2.16. The Bertz CT molecular complexity index is 738. The first-order valence-electron chi connectivity index (χ1n) is 5.86. The number of fused-ring (bicyclic) bond motifs is 1. The van der Waals surface area contributed by atoms with E-state index in [4.69, 9.17) is 4.42 Å². The zero-order valence-electron chi connectivity index (χ0n) is 10.1. The SMILES string of the molecule is Cn1c(=O)oc2ccc(Cc3ccccc3)cc21. The summed E-state index contributed by atoms with van der Waals surface area (Å²) in [5, 5.41) is 0. The van der Waals surface area contributed by atoms with Gasteiger partial charge in [-0.15, -0.1) is 0 Å². The molecule has 3 aromatic rings. The van der Waals surface area contributed by atoms with Gasteiger partial charge in [-0.2, -0.15) is 0 Å². The third-order valence-electron chi connectivity index (χ3n) is 3.11. The number of hydrogen-bond acceptors (Lipinski definition) is 2. The molecule has 90 valence electrons. The standard InChI is InChI=1S/C15H13NO2/c1-16-13-10-12(7-8-14(13)18-15(16)17)9-11-5-3-2-4-6-11/h2-8,10H,9H2,1H3. The lowest BCUT2D eigenvalue weighted by atomic mass is 10.0. The molecule has 0 unspecified atom stereocenters. The molecule has 2 aromatic carbocycles. The van der Waals surface area contributed by atoms with E-state index < -0.39 is 0 Å². The number of rotatable bonds is 2. The maximum absolute atomic E-state index is 11.4. The Morgan fingerprint density at radius 2 is 1.83 bits per heavy atom. The molecule has 0 radical (unpaired) electrons. The molecule has 0 aliphatic heterocycles. The molecule has 3 nitrogen and oxygen atoms in total. The van der Waals surface area contributed by atoms with Crippen LogP contribution in [0.2, 0.25) is 0 Å². The van der Waals surface area contributed by atoms with Gasteiger partial charge < -0.3 is 4.42 Å². The van der Waals surface area contributed by atoms with Crippen LogP contribution in [-0.2, 0) is 13.5 Å². The van der Waals surface area contributed by atoms with Gasteiger partial charge in [0.1, 0.15) is 0 Å². The number of aromatic nitrogens is 1. The molecule has 0 saturated carbocycles. The molecule has 0 N–H and O–H groups in total. The van der Waals surface area contributed by atoms with Crippen LogP contribution in [0.4, 0.5) is 0 Å². The maximum atomic E-state index is 11.4. The van der Waals surface area contributed by atoms with Gasteiger partial charge in [-0.1, -0.05) is 36.4 Å². The predicted molar refractivity (Wildman–Crippen MR) is 70.7 cm³/mol. The summed E-state index contributed by atoms with van der Waals surface area (Å²) in [5.41, 5.74) is 3.91. The molecule has 0 atom stereocenters. The predicted octanol–water partition coefficient (Wildman–Crippen LogP) is 2.72. The lowest BCUT2D eigenvalue weighted by Gasteiger charge is -2.02. The van der Waals surface area contributed by atoms with Crippen molar-refractivity contribution < 1.29 is 4.42 Å². The summed E-state index contributed by atoms with van der Waals surface area (Å²) < 4.78 is 6.64. The van der Waals surface area contributed by atoms with Crippen molar-refractivity contribution in [2.24, 2.45) is 7.05 Å². The average Bonchev–Trinajstić information content (AvgIpc) is 2.67. The van der Waals surface area contributed by atoms with Crippen LogP contribution in [0.3, 0.4) is 0 Å². The van der Waals surface area contributed by atoms with Crippen molar-refractivity contribution in [2.45, 2.75) is 6.42 Å². The monoisotopic (exact) mass is 239 g/mol. The van der Waals surface area contributed by atoms with E-state index in [0.717, 1.165) is 11.9 Å². The van der Waals surface area contributed by atoms with Crippen molar-refractivity contribution in [3.8, 4) is 0 Å². The molecule has 0 bridgehead atoms. The summed E-state index contributed by atoms with van der Waals surface area (Å²) in [6.07, 6.45) is 0.857. The first kappa shape index (κ1) is 10.8. The van der Waals surface area contributed by atoms with E-state index in [9.17, 15) is 4.79 Å². The molecule has 1 aromatic heterocycles. The molecular formula is C15H13NO2. The van der Waals surface area contributed by atoms with E-state index in [1.165, 1.54) is 15.7 Å². The van der Waals surface area contributed by atoms with E-state index in [1.54, 1.807) is 7.05 Å². The minimum Gasteiger partial charge on any atom is -0.408 e. The number of oxazole rings is 1. The Kier molecular flexibility index (Phi) is 2.52. The van der Waals surface area contributed by atoms with Crippen molar-refractivity contribution in [1.82, 2.24) is 4.57 Å². The molecule has 0 saturated heterocycles. The third-order valence-corrected chi connectivity index (χ3v) is 3.11. The molecule has 3 heteroatoms. The second-order valence-corrected chi connectivity index (χ2v) is 4.39. The summed E-state index contributed by atoms with van der Waals surface area (Å²) >= 11 is 0. The molecular weight excluding hydrogens is 226 g/mol. The molecule has 18 heavy (non-hydrogen) atoms. The van der Waals surface area contributed by atoms with E-state index in [-0.39, 0.29) is 5.76 Å². The van der Waals surface area contributed by atoms with Crippen LogP contribution in [0.25, 0.3) is 11.1 Å². The van der Waals surface area contributed by atoms with Crippen molar-refractivity contribution >= 4 is 11.1 Å². The molecule has 0 amide bonds.